The molecule has 0 bridgehead atoms. The number of amides is 2. The number of anilines is 1. The largest absolute Gasteiger partial charge is 0.391 e. The molecule has 2 atom stereocenters. The van der Waals surface area contributed by atoms with Crippen molar-refractivity contribution >= 4 is 17.5 Å². The maximum Gasteiger partial charge on any atom is 0.313 e. The van der Waals surface area contributed by atoms with Crippen LogP contribution in [-0.4, -0.2) is 41.0 Å². The maximum absolute atomic E-state index is 13.7. The molecule has 1 aliphatic heterocycles. The number of carbonyl (C=O) groups is 2. The number of nitrogens with one attached hydrogen (secondary N) is 1. The molecule has 120 valence electrons. The maximum atomic E-state index is 13.7. The molecule has 1 aromatic rings. The highest BCUT2D eigenvalue weighted by Crippen LogP contribution is 2.18. The molecule has 1 fully saturated rings. The van der Waals surface area contributed by atoms with Crippen molar-refractivity contribution in [2.75, 3.05) is 18.4 Å². The van der Waals surface area contributed by atoms with Crippen molar-refractivity contribution in [3.8, 4) is 0 Å². The van der Waals surface area contributed by atoms with E-state index in [1.165, 1.54) is 11.0 Å². The Morgan fingerprint density at radius 2 is 2.18 bits per heavy atom. The fraction of sp³-hybridized carbons (Fsp3) is 0.500. The number of benzene rings is 1. The summed E-state index contributed by atoms with van der Waals surface area (Å²) in [5.41, 5.74) is 0.802. The van der Waals surface area contributed by atoms with E-state index in [9.17, 15) is 19.1 Å². The molecule has 0 radical (unpaired) electrons. The average Bonchev–Trinajstić information content (AvgIpc) is 2.49. The molecule has 1 aromatic carbocycles. The van der Waals surface area contributed by atoms with Crippen LogP contribution in [0.4, 0.5) is 10.1 Å². The molecule has 0 spiro atoms. The second-order valence-electron chi connectivity index (χ2n) is 5.70. The summed E-state index contributed by atoms with van der Waals surface area (Å²) >= 11 is 0. The number of piperidine rings is 1. The number of aryl methyl sites for hydroxylation is 1. The van der Waals surface area contributed by atoms with E-state index in [-0.39, 0.29) is 18.2 Å². The quantitative estimate of drug-likeness (QED) is 0.815. The zero-order valence-corrected chi connectivity index (χ0v) is 12.8. The van der Waals surface area contributed by atoms with E-state index in [1.54, 1.807) is 12.1 Å². The van der Waals surface area contributed by atoms with E-state index in [2.05, 4.69) is 5.32 Å². The standard InChI is InChI=1S/C16H21FN2O3/c1-3-11-4-5-12(8-13(11)17)18-15(21)16(22)19-7-6-10(2)14(20)9-19/h4-5,8,10,14,20H,3,6-7,9H2,1-2H3,(H,18,21). The second-order valence-corrected chi connectivity index (χ2v) is 5.70. The third kappa shape index (κ3) is 3.62. The van der Waals surface area contributed by atoms with Gasteiger partial charge in [-0.2, -0.15) is 0 Å². The predicted molar refractivity (Wildman–Crippen MR) is 80.8 cm³/mol. The van der Waals surface area contributed by atoms with Crippen molar-refractivity contribution in [1.82, 2.24) is 4.90 Å². The number of aliphatic hydroxyl groups excluding tert-OH is 1. The van der Waals surface area contributed by atoms with Gasteiger partial charge in [-0.1, -0.05) is 19.9 Å². The third-order valence-electron chi connectivity index (χ3n) is 4.09. The van der Waals surface area contributed by atoms with Crippen molar-refractivity contribution in [1.29, 1.82) is 0 Å². The van der Waals surface area contributed by atoms with E-state index in [1.807, 2.05) is 13.8 Å². The first-order valence-corrected chi connectivity index (χ1v) is 7.49. The van der Waals surface area contributed by atoms with E-state index in [0.29, 0.717) is 24.9 Å². The lowest BCUT2D eigenvalue weighted by Gasteiger charge is -2.33. The average molecular weight is 308 g/mol. The number of β-amino-alcohol motifs (C(OH)–C–C–N with tert-alkyl or cyclic N) is 1. The van der Waals surface area contributed by atoms with E-state index < -0.39 is 23.7 Å². The van der Waals surface area contributed by atoms with E-state index in [0.717, 1.165) is 0 Å². The highest BCUT2D eigenvalue weighted by Gasteiger charge is 2.30. The van der Waals surface area contributed by atoms with Crippen LogP contribution in [0.5, 0.6) is 0 Å². The van der Waals surface area contributed by atoms with Crippen molar-refractivity contribution < 1.29 is 19.1 Å². The first kappa shape index (κ1) is 16.4. The molecule has 1 saturated heterocycles. The topological polar surface area (TPSA) is 69.6 Å². The SMILES string of the molecule is CCc1ccc(NC(=O)C(=O)N2CCC(C)C(O)C2)cc1F. The van der Waals surface area contributed by atoms with Crippen LogP contribution in [0.3, 0.4) is 0 Å². The van der Waals surface area contributed by atoms with E-state index >= 15 is 0 Å². The molecule has 6 heteroatoms. The van der Waals surface area contributed by atoms with Gasteiger partial charge in [-0.05, 0) is 36.5 Å². The number of rotatable bonds is 2. The van der Waals surface area contributed by atoms with Crippen LogP contribution in [0.25, 0.3) is 0 Å². The fourth-order valence-electron chi connectivity index (χ4n) is 2.47. The van der Waals surface area contributed by atoms with Gasteiger partial charge in [-0.25, -0.2) is 4.39 Å². The summed E-state index contributed by atoms with van der Waals surface area (Å²) in [5.74, 6) is -1.81. The van der Waals surface area contributed by atoms with Gasteiger partial charge in [-0.3, -0.25) is 9.59 Å². The number of nitrogens with zero attached hydrogens (tertiary/aromatic N) is 1. The molecule has 1 aliphatic rings. The summed E-state index contributed by atoms with van der Waals surface area (Å²) in [5, 5.41) is 12.2. The summed E-state index contributed by atoms with van der Waals surface area (Å²) in [6, 6.07) is 4.36. The van der Waals surface area contributed by atoms with E-state index in [4.69, 9.17) is 0 Å². The minimum Gasteiger partial charge on any atom is -0.391 e. The van der Waals surface area contributed by atoms with Gasteiger partial charge in [0.1, 0.15) is 5.82 Å². The zero-order chi connectivity index (χ0) is 16.3. The highest BCUT2D eigenvalue weighted by molar-refractivity contribution is 6.39. The number of likely N-dealkylation sites (tertiary alicyclic amines) is 1. The van der Waals surface area contributed by atoms with Gasteiger partial charge in [0.15, 0.2) is 0 Å². The molecular formula is C16H21FN2O3. The van der Waals surface area contributed by atoms with Crippen molar-refractivity contribution in [3.63, 3.8) is 0 Å². The Labute approximate surface area is 129 Å². The summed E-state index contributed by atoms with van der Waals surface area (Å²) in [6.45, 7) is 4.33. The van der Waals surface area contributed by atoms with Crippen LogP contribution in [0.15, 0.2) is 18.2 Å². The summed E-state index contributed by atoms with van der Waals surface area (Å²) in [4.78, 5) is 25.4. The summed E-state index contributed by atoms with van der Waals surface area (Å²) < 4.78 is 13.7. The number of carbonyl (C=O) groups excluding carboxylic acids is 2. The van der Waals surface area contributed by atoms with Gasteiger partial charge in [0.2, 0.25) is 0 Å². The molecule has 5 nitrogen and oxygen atoms in total. The summed E-state index contributed by atoms with van der Waals surface area (Å²) in [6.07, 6.45) is 0.592. The smallest absolute Gasteiger partial charge is 0.313 e. The Morgan fingerprint density at radius 3 is 2.77 bits per heavy atom. The number of halogens is 1. The minimum absolute atomic E-state index is 0.114. The van der Waals surface area contributed by atoms with Gasteiger partial charge in [0.05, 0.1) is 6.10 Å². The minimum atomic E-state index is -0.814. The van der Waals surface area contributed by atoms with Crippen molar-refractivity contribution in [2.24, 2.45) is 5.92 Å². The predicted octanol–water partition coefficient (Wildman–Crippen LogP) is 1.56. The Hall–Kier alpha value is -1.95. The monoisotopic (exact) mass is 308 g/mol. The number of aliphatic hydroxyl groups is 1. The highest BCUT2D eigenvalue weighted by atomic mass is 19.1. The Morgan fingerprint density at radius 1 is 1.45 bits per heavy atom. The van der Waals surface area contributed by atoms with Gasteiger partial charge < -0.3 is 15.3 Å². The normalized spacial score (nSPS) is 21.5. The first-order valence-electron chi connectivity index (χ1n) is 7.49. The van der Waals surface area contributed by atoms with Crippen LogP contribution < -0.4 is 5.32 Å². The lowest BCUT2D eigenvalue weighted by atomic mass is 9.96. The Kier molecular flexibility index (Phi) is 5.13. The van der Waals surface area contributed by atoms with Crippen LogP contribution in [0, 0.1) is 11.7 Å². The summed E-state index contributed by atoms with van der Waals surface area (Å²) in [7, 11) is 0. The van der Waals surface area contributed by atoms with Gasteiger partial charge in [0.25, 0.3) is 0 Å². The van der Waals surface area contributed by atoms with Crippen LogP contribution >= 0.6 is 0 Å². The van der Waals surface area contributed by atoms with Gasteiger partial charge >= 0.3 is 11.8 Å². The van der Waals surface area contributed by atoms with Gasteiger partial charge in [0, 0.05) is 18.8 Å². The van der Waals surface area contributed by atoms with Crippen LogP contribution in [0.2, 0.25) is 0 Å². The molecule has 1 heterocycles. The van der Waals surface area contributed by atoms with Crippen LogP contribution in [-0.2, 0) is 16.0 Å². The molecule has 0 aromatic heterocycles. The Balaban J connectivity index is 1.99. The Bertz CT molecular complexity index is 577. The second kappa shape index (κ2) is 6.87. The lowest BCUT2D eigenvalue weighted by Crippen LogP contribution is -2.49. The van der Waals surface area contributed by atoms with Gasteiger partial charge in [-0.15, -0.1) is 0 Å². The zero-order valence-electron chi connectivity index (χ0n) is 12.8. The molecule has 2 rings (SSSR count). The molecular weight excluding hydrogens is 287 g/mol. The fourth-order valence-corrected chi connectivity index (χ4v) is 2.47. The third-order valence-corrected chi connectivity index (χ3v) is 4.09. The molecule has 2 amide bonds. The molecule has 22 heavy (non-hydrogen) atoms. The molecule has 2 unspecified atom stereocenters. The molecule has 0 saturated carbocycles. The van der Waals surface area contributed by atoms with Crippen molar-refractivity contribution in [3.05, 3.63) is 29.6 Å². The molecule has 0 aliphatic carbocycles. The number of hydrogen-bond donors (Lipinski definition) is 2. The first-order chi connectivity index (χ1) is 10.4. The van der Waals surface area contributed by atoms with Crippen LogP contribution in [0.1, 0.15) is 25.8 Å². The number of hydrogen-bond acceptors (Lipinski definition) is 3. The van der Waals surface area contributed by atoms with Crippen molar-refractivity contribution in [2.45, 2.75) is 32.8 Å². The molecule has 2 N–H and O–H groups in total. The lowest BCUT2D eigenvalue weighted by molar-refractivity contribution is -0.146.